The summed E-state index contributed by atoms with van der Waals surface area (Å²) in [5.41, 5.74) is 8.38. The zero-order chi connectivity index (χ0) is 11.7. The first kappa shape index (κ1) is 11.1. The summed E-state index contributed by atoms with van der Waals surface area (Å²) < 4.78 is 0. The van der Waals surface area contributed by atoms with Crippen molar-refractivity contribution in [3.05, 3.63) is 29.8 Å². The summed E-state index contributed by atoms with van der Waals surface area (Å²) in [5, 5.41) is 0. The van der Waals surface area contributed by atoms with Gasteiger partial charge in [-0.1, -0.05) is 18.6 Å². The topological polar surface area (TPSA) is 29.3 Å². The first-order chi connectivity index (χ1) is 8.38. The van der Waals surface area contributed by atoms with Crippen molar-refractivity contribution in [3.63, 3.8) is 0 Å². The summed E-state index contributed by atoms with van der Waals surface area (Å²) >= 11 is 0. The Hall–Kier alpha value is -1.02. The van der Waals surface area contributed by atoms with Gasteiger partial charge in [0.1, 0.15) is 0 Å². The molecular formula is C15H22N2. The fourth-order valence-corrected chi connectivity index (χ4v) is 3.64. The molecule has 92 valence electrons. The summed E-state index contributed by atoms with van der Waals surface area (Å²) in [5.74, 6) is 0.949. The molecule has 1 saturated heterocycles. The summed E-state index contributed by atoms with van der Waals surface area (Å²) in [6, 6.07) is 9.60. The smallest absolute Gasteiger partial charge is 0.0372 e. The van der Waals surface area contributed by atoms with Gasteiger partial charge in [0, 0.05) is 24.8 Å². The van der Waals surface area contributed by atoms with Gasteiger partial charge in [-0.15, -0.1) is 0 Å². The first-order valence-corrected chi connectivity index (χ1v) is 6.94. The monoisotopic (exact) mass is 230 g/mol. The van der Waals surface area contributed by atoms with Gasteiger partial charge in [0.2, 0.25) is 0 Å². The van der Waals surface area contributed by atoms with E-state index in [0.717, 1.165) is 12.0 Å². The Bertz CT molecular complexity index is 388. The number of hydrogen-bond donors (Lipinski definition) is 1. The lowest BCUT2D eigenvalue weighted by Gasteiger charge is -2.39. The highest BCUT2D eigenvalue weighted by Gasteiger charge is 2.34. The maximum atomic E-state index is 5.74. The molecule has 2 heteroatoms. The second kappa shape index (κ2) is 4.69. The van der Waals surface area contributed by atoms with Crippen LogP contribution in [-0.2, 0) is 6.54 Å². The summed E-state index contributed by atoms with van der Waals surface area (Å²) in [7, 11) is 0. The van der Waals surface area contributed by atoms with Crippen molar-refractivity contribution >= 4 is 5.69 Å². The van der Waals surface area contributed by atoms with Crippen molar-refractivity contribution in [1.29, 1.82) is 0 Å². The third-order valence-corrected chi connectivity index (χ3v) is 4.47. The number of anilines is 1. The van der Waals surface area contributed by atoms with Crippen LogP contribution < -0.4 is 10.6 Å². The highest BCUT2D eigenvalue weighted by Crippen LogP contribution is 2.39. The molecule has 2 fully saturated rings. The molecule has 17 heavy (non-hydrogen) atoms. The lowest BCUT2D eigenvalue weighted by molar-refractivity contribution is 0.362. The van der Waals surface area contributed by atoms with Crippen LogP contribution >= 0.6 is 0 Å². The molecule has 0 radical (unpaired) electrons. The van der Waals surface area contributed by atoms with E-state index in [0.29, 0.717) is 6.54 Å². The number of nitrogens with zero attached hydrogens (tertiary/aromatic N) is 1. The maximum Gasteiger partial charge on any atom is 0.0372 e. The van der Waals surface area contributed by atoms with Crippen molar-refractivity contribution in [3.8, 4) is 0 Å². The highest BCUT2D eigenvalue weighted by atomic mass is 15.2. The zero-order valence-electron chi connectivity index (χ0n) is 10.4. The molecule has 1 aromatic rings. The average molecular weight is 230 g/mol. The van der Waals surface area contributed by atoms with E-state index >= 15 is 0 Å². The molecule has 1 heterocycles. The second-order valence-corrected chi connectivity index (χ2v) is 5.47. The van der Waals surface area contributed by atoms with Gasteiger partial charge in [-0.3, -0.25) is 0 Å². The molecule has 2 N–H and O–H groups in total. The molecule has 2 nitrogen and oxygen atoms in total. The van der Waals surface area contributed by atoms with Crippen LogP contribution in [0.5, 0.6) is 0 Å². The van der Waals surface area contributed by atoms with E-state index in [9.17, 15) is 0 Å². The molecule has 2 aliphatic rings. The molecule has 2 atom stereocenters. The Kier molecular flexibility index (Phi) is 3.06. The number of rotatable bonds is 2. The molecule has 0 amide bonds. The maximum absolute atomic E-state index is 5.74. The quantitative estimate of drug-likeness (QED) is 0.846. The number of nitrogens with two attached hydrogens (primary N) is 1. The van der Waals surface area contributed by atoms with Gasteiger partial charge in [0.15, 0.2) is 0 Å². The SMILES string of the molecule is NCc1cccc(N2CCCC3CCCC32)c1. The lowest BCUT2D eigenvalue weighted by Crippen LogP contribution is -2.42. The minimum Gasteiger partial charge on any atom is -0.368 e. The van der Waals surface area contributed by atoms with Crippen LogP contribution in [0.15, 0.2) is 24.3 Å². The van der Waals surface area contributed by atoms with Crippen LogP contribution in [0.4, 0.5) is 5.69 Å². The van der Waals surface area contributed by atoms with Gasteiger partial charge in [0.05, 0.1) is 0 Å². The van der Waals surface area contributed by atoms with Crippen LogP contribution in [-0.4, -0.2) is 12.6 Å². The molecule has 1 aliphatic carbocycles. The average Bonchev–Trinajstić information content (AvgIpc) is 2.87. The zero-order valence-corrected chi connectivity index (χ0v) is 10.4. The first-order valence-electron chi connectivity index (χ1n) is 6.94. The Labute approximate surface area is 104 Å². The van der Waals surface area contributed by atoms with Crippen LogP contribution in [0.1, 0.15) is 37.7 Å². The summed E-state index contributed by atoms with van der Waals surface area (Å²) in [6.45, 7) is 1.88. The molecule has 3 rings (SSSR count). The van der Waals surface area contributed by atoms with E-state index in [1.54, 1.807) is 0 Å². The molecule has 1 aromatic carbocycles. The van der Waals surface area contributed by atoms with E-state index in [1.807, 2.05) is 0 Å². The Morgan fingerprint density at radius 2 is 2.06 bits per heavy atom. The van der Waals surface area contributed by atoms with E-state index < -0.39 is 0 Å². The van der Waals surface area contributed by atoms with Crippen molar-refractivity contribution in [2.45, 2.75) is 44.7 Å². The van der Waals surface area contributed by atoms with Gasteiger partial charge in [-0.25, -0.2) is 0 Å². The third-order valence-electron chi connectivity index (χ3n) is 4.47. The normalized spacial score (nSPS) is 28.2. The van der Waals surface area contributed by atoms with Crippen LogP contribution in [0.25, 0.3) is 0 Å². The minimum absolute atomic E-state index is 0.649. The largest absolute Gasteiger partial charge is 0.368 e. The predicted molar refractivity (Wildman–Crippen MR) is 72.0 cm³/mol. The number of piperidine rings is 1. The summed E-state index contributed by atoms with van der Waals surface area (Å²) in [4.78, 5) is 2.64. The van der Waals surface area contributed by atoms with Crippen molar-refractivity contribution in [1.82, 2.24) is 0 Å². The standard InChI is InChI=1S/C15H22N2/c16-11-12-4-1-7-14(10-12)17-9-3-6-13-5-2-8-15(13)17/h1,4,7,10,13,15H,2-3,5-6,8-9,11,16H2. The van der Waals surface area contributed by atoms with Gasteiger partial charge in [-0.05, 0) is 49.3 Å². The number of benzene rings is 1. The molecule has 0 spiro atoms. The minimum atomic E-state index is 0.649. The molecule has 1 aliphatic heterocycles. The Morgan fingerprint density at radius 3 is 2.94 bits per heavy atom. The summed E-state index contributed by atoms with van der Waals surface area (Å²) in [6.07, 6.45) is 7.05. The number of hydrogen-bond acceptors (Lipinski definition) is 2. The van der Waals surface area contributed by atoms with Crippen LogP contribution in [0, 0.1) is 5.92 Å². The lowest BCUT2D eigenvalue weighted by atomic mass is 9.91. The van der Waals surface area contributed by atoms with E-state index in [4.69, 9.17) is 5.73 Å². The fourth-order valence-electron chi connectivity index (χ4n) is 3.64. The third kappa shape index (κ3) is 2.06. The van der Waals surface area contributed by atoms with Crippen LogP contribution in [0.3, 0.4) is 0 Å². The Morgan fingerprint density at radius 1 is 1.18 bits per heavy atom. The highest BCUT2D eigenvalue weighted by molar-refractivity contribution is 5.50. The van der Waals surface area contributed by atoms with Crippen molar-refractivity contribution < 1.29 is 0 Å². The van der Waals surface area contributed by atoms with E-state index in [2.05, 4.69) is 29.2 Å². The van der Waals surface area contributed by atoms with E-state index in [-0.39, 0.29) is 0 Å². The van der Waals surface area contributed by atoms with Gasteiger partial charge in [-0.2, -0.15) is 0 Å². The molecule has 0 aromatic heterocycles. The van der Waals surface area contributed by atoms with Gasteiger partial charge in [0.25, 0.3) is 0 Å². The van der Waals surface area contributed by atoms with Crippen molar-refractivity contribution in [2.24, 2.45) is 11.7 Å². The molecule has 2 unspecified atom stereocenters. The molecule has 0 bridgehead atoms. The Balaban J connectivity index is 1.86. The fraction of sp³-hybridized carbons (Fsp3) is 0.600. The van der Waals surface area contributed by atoms with Crippen LogP contribution in [0.2, 0.25) is 0 Å². The van der Waals surface area contributed by atoms with Crippen molar-refractivity contribution in [2.75, 3.05) is 11.4 Å². The van der Waals surface area contributed by atoms with Gasteiger partial charge >= 0.3 is 0 Å². The second-order valence-electron chi connectivity index (χ2n) is 5.47. The van der Waals surface area contributed by atoms with Gasteiger partial charge < -0.3 is 10.6 Å². The van der Waals surface area contributed by atoms with E-state index in [1.165, 1.54) is 49.9 Å². The molecule has 1 saturated carbocycles. The number of fused-ring (bicyclic) bond motifs is 1. The molecular weight excluding hydrogens is 208 g/mol. The predicted octanol–water partition coefficient (Wildman–Crippen LogP) is 2.91.